The SMILES string of the molecule is CCOP(=O)(OCC)C(C[C@@H]1C[C@H](C(C)(C)C)CC/C1=N\Nc1ccc([N+](=O)[O-])cc1[N+](=O)[O-])P(=O)(OCC)OCC. The summed E-state index contributed by atoms with van der Waals surface area (Å²) in [4.78, 5) is 21.4. The number of nitro groups is 2. The van der Waals surface area contributed by atoms with Crippen molar-refractivity contribution in [3.8, 4) is 0 Å². The Morgan fingerprint density at radius 1 is 0.952 bits per heavy atom. The van der Waals surface area contributed by atoms with Crippen LogP contribution in [0, 0.1) is 37.5 Å². The van der Waals surface area contributed by atoms with E-state index in [4.69, 9.17) is 18.1 Å². The molecule has 0 spiro atoms. The summed E-state index contributed by atoms with van der Waals surface area (Å²) < 4.78 is 51.0. The van der Waals surface area contributed by atoms with Gasteiger partial charge in [-0.1, -0.05) is 20.8 Å². The maximum absolute atomic E-state index is 14.2. The van der Waals surface area contributed by atoms with E-state index < -0.39 is 41.8 Å². The average molecular weight is 635 g/mol. The molecular weight excluding hydrogens is 590 g/mol. The first-order chi connectivity index (χ1) is 19.7. The standard InChI is InChI=1S/C26H44N4O10P2/c1-8-37-41(35,38-9-2)25(42(36,39-10-3)40-11-4)17-19-16-20(26(5,6)7)12-14-22(19)27-28-23-15-13-21(29(31)32)18-24(23)30(33)34/h13,15,18-20,25,28H,8-12,14,16-17H2,1-7H3/b27-22+/t19-,20+/m0/s1. The molecule has 1 aliphatic rings. The fourth-order valence-electron chi connectivity index (χ4n) is 5.13. The lowest BCUT2D eigenvalue weighted by Gasteiger charge is -2.40. The highest BCUT2D eigenvalue weighted by molar-refractivity contribution is 7.72. The molecule has 0 heterocycles. The number of nitrogens with one attached hydrogen (secondary N) is 1. The molecule has 238 valence electrons. The molecule has 0 amide bonds. The Labute approximate surface area is 247 Å². The largest absolute Gasteiger partial charge is 0.345 e. The van der Waals surface area contributed by atoms with Gasteiger partial charge in [-0.05, 0) is 70.8 Å². The summed E-state index contributed by atoms with van der Waals surface area (Å²) in [6.07, 6.45) is 1.92. The molecule has 42 heavy (non-hydrogen) atoms. The Morgan fingerprint density at radius 2 is 1.48 bits per heavy atom. The quantitative estimate of drug-likeness (QED) is 0.106. The van der Waals surface area contributed by atoms with E-state index in [2.05, 4.69) is 31.3 Å². The number of benzene rings is 1. The third-order valence-electron chi connectivity index (χ3n) is 7.18. The molecule has 0 bridgehead atoms. The zero-order chi connectivity index (χ0) is 31.7. The van der Waals surface area contributed by atoms with Crippen LogP contribution in [0.15, 0.2) is 23.3 Å². The number of hydrogen-bond acceptors (Lipinski definition) is 12. The van der Waals surface area contributed by atoms with E-state index >= 15 is 0 Å². The van der Waals surface area contributed by atoms with Gasteiger partial charge in [-0.2, -0.15) is 5.10 Å². The van der Waals surface area contributed by atoms with Crippen LogP contribution in [0.5, 0.6) is 0 Å². The van der Waals surface area contributed by atoms with Crippen molar-refractivity contribution in [1.82, 2.24) is 0 Å². The fraction of sp³-hybridized carbons (Fsp3) is 0.731. The van der Waals surface area contributed by atoms with Crippen LogP contribution in [-0.2, 0) is 27.2 Å². The van der Waals surface area contributed by atoms with Crippen LogP contribution in [0.2, 0.25) is 0 Å². The van der Waals surface area contributed by atoms with Gasteiger partial charge in [0.1, 0.15) is 5.69 Å². The number of nitrogens with zero attached hydrogens (tertiary/aromatic N) is 3. The van der Waals surface area contributed by atoms with Crippen molar-refractivity contribution < 1.29 is 37.1 Å². The molecule has 1 aromatic carbocycles. The van der Waals surface area contributed by atoms with Gasteiger partial charge in [0.25, 0.3) is 5.69 Å². The predicted octanol–water partition coefficient (Wildman–Crippen LogP) is 7.98. The van der Waals surface area contributed by atoms with E-state index in [0.717, 1.165) is 18.6 Å². The van der Waals surface area contributed by atoms with Crippen LogP contribution < -0.4 is 5.43 Å². The molecule has 14 nitrogen and oxygen atoms in total. The van der Waals surface area contributed by atoms with Gasteiger partial charge in [0.15, 0.2) is 5.40 Å². The molecule has 1 aromatic rings. The van der Waals surface area contributed by atoms with Gasteiger partial charge < -0.3 is 18.1 Å². The predicted molar refractivity (Wildman–Crippen MR) is 161 cm³/mol. The fourth-order valence-corrected chi connectivity index (χ4v) is 10.6. The highest BCUT2D eigenvalue weighted by Gasteiger charge is 2.52. The van der Waals surface area contributed by atoms with Crippen molar-refractivity contribution in [3.05, 3.63) is 38.4 Å². The first kappa shape index (κ1) is 36.0. The monoisotopic (exact) mass is 634 g/mol. The maximum Gasteiger partial charge on any atom is 0.345 e. The molecule has 2 atom stereocenters. The number of non-ortho nitro benzene ring substituents is 1. The van der Waals surface area contributed by atoms with Crippen molar-refractivity contribution in [2.24, 2.45) is 22.4 Å². The van der Waals surface area contributed by atoms with Crippen LogP contribution in [0.4, 0.5) is 17.1 Å². The van der Waals surface area contributed by atoms with Gasteiger partial charge in [-0.25, -0.2) is 0 Å². The van der Waals surface area contributed by atoms with Gasteiger partial charge in [-0.3, -0.25) is 34.8 Å². The van der Waals surface area contributed by atoms with Crippen LogP contribution in [0.1, 0.15) is 74.1 Å². The van der Waals surface area contributed by atoms with E-state index in [1.165, 1.54) is 6.07 Å². The van der Waals surface area contributed by atoms with E-state index in [0.29, 0.717) is 18.6 Å². The van der Waals surface area contributed by atoms with Gasteiger partial charge in [0.2, 0.25) is 0 Å². The summed E-state index contributed by atoms with van der Waals surface area (Å²) in [5, 5.41) is 26.1. The topological polar surface area (TPSA) is 182 Å². The van der Waals surface area contributed by atoms with Crippen LogP contribution >= 0.6 is 15.2 Å². The Bertz CT molecular complexity index is 1170. The Hall–Kier alpha value is -2.21. The number of hydrazone groups is 1. The first-order valence-electron chi connectivity index (χ1n) is 14.2. The molecule has 0 unspecified atom stereocenters. The van der Waals surface area contributed by atoms with Crippen molar-refractivity contribution in [2.75, 3.05) is 31.9 Å². The molecule has 1 N–H and O–H groups in total. The second-order valence-electron chi connectivity index (χ2n) is 10.9. The number of hydrogen-bond donors (Lipinski definition) is 1. The minimum Gasteiger partial charge on any atom is -0.308 e. The molecule has 0 aromatic heterocycles. The Balaban J connectivity index is 2.62. The molecule has 2 rings (SSSR count). The molecule has 1 aliphatic carbocycles. The Kier molecular flexibility index (Phi) is 13.3. The number of anilines is 1. The zero-order valence-corrected chi connectivity index (χ0v) is 27.2. The van der Waals surface area contributed by atoms with Crippen molar-refractivity contribution in [1.29, 1.82) is 0 Å². The van der Waals surface area contributed by atoms with Crippen LogP contribution in [-0.4, -0.2) is 47.4 Å². The highest BCUT2D eigenvalue weighted by Crippen LogP contribution is 2.72. The minimum absolute atomic E-state index is 0.0186. The second-order valence-corrected chi connectivity index (χ2v) is 15.8. The number of nitro benzene ring substituents is 2. The van der Waals surface area contributed by atoms with Gasteiger partial charge in [0.05, 0.1) is 42.3 Å². The number of rotatable bonds is 16. The van der Waals surface area contributed by atoms with E-state index in [1.807, 2.05) is 0 Å². The molecule has 1 fully saturated rings. The lowest BCUT2D eigenvalue weighted by molar-refractivity contribution is -0.393. The highest BCUT2D eigenvalue weighted by atomic mass is 31.2. The van der Waals surface area contributed by atoms with Gasteiger partial charge in [0, 0.05) is 17.7 Å². The van der Waals surface area contributed by atoms with Crippen LogP contribution in [0.25, 0.3) is 0 Å². The summed E-state index contributed by atoms with van der Waals surface area (Å²) >= 11 is 0. The average Bonchev–Trinajstić information content (AvgIpc) is 2.90. The minimum atomic E-state index is -4.02. The van der Waals surface area contributed by atoms with Crippen molar-refractivity contribution >= 4 is 38.0 Å². The molecule has 16 heteroatoms. The second kappa shape index (κ2) is 15.5. The third-order valence-corrected chi connectivity index (χ3v) is 13.2. The van der Waals surface area contributed by atoms with Crippen molar-refractivity contribution in [2.45, 2.75) is 79.5 Å². The smallest absolute Gasteiger partial charge is 0.308 e. The van der Waals surface area contributed by atoms with E-state index in [9.17, 15) is 29.4 Å². The molecular formula is C26H44N4O10P2. The van der Waals surface area contributed by atoms with Gasteiger partial charge in [-0.15, -0.1) is 0 Å². The maximum atomic E-state index is 14.2. The molecule has 1 saturated carbocycles. The summed E-state index contributed by atoms with van der Waals surface area (Å²) in [6, 6.07) is 3.25. The van der Waals surface area contributed by atoms with E-state index in [1.54, 1.807) is 27.7 Å². The Morgan fingerprint density at radius 3 is 1.90 bits per heavy atom. The summed E-state index contributed by atoms with van der Waals surface area (Å²) in [6.45, 7) is 13.2. The normalized spacial score (nSPS) is 19.3. The third kappa shape index (κ3) is 9.14. The summed E-state index contributed by atoms with van der Waals surface area (Å²) in [5.74, 6) is -0.158. The lowest BCUT2D eigenvalue weighted by atomic mass is 9.68. The lowest BCUT2D eigenvalue weighted by Crippen LogP contribution is -2.35. The summed E-state index contributed by atoms with van der Waals surface area (Å²) in [5.41, 5.74) is 2.33. The zero-order valence-electron chi connectivity index (χ0n) is 25.4. The molecule has 0 saturated heterocycles. The molecule has 0 aliphatic heterocycles. The summed E-state index contributed by atoms with van der Waals surface area (Å²) in [7, 11) is -8.04. The molecule has 0 radical (unpaired) electrons. The van der Waals surface area contributed by atoms with E-state index in [-0.39, 0.29) is 55.8 Å². The van der Waals surface area contributed by atoms with Crippen LogP contribution in [0.3, 0.4) is 0 Å². The van der Waals surface area contributed by atoms with Gasteiger partial charge >= 0.3 is 20.9 Å². The first-order valence-corrected chi connectivity index (χ1v) is 17.4. The van der Waals surface area contributed by atoms with Crippen molar-refractivity contribution in [3.63, 3.8) is 0 Å².